The van der Waals surface area contributed by atoms with Crippen LogP contribution in [0.3, 0.4) is 0 Å². The summed E-state index contributed by atoms with van der Waals surface area (Å²) in [5.41, 5.74) is 0.659. The Morgan fingerprint density at radius 3 is 2.96 bits per heavy atom. The lowest BCUT2D eigenvalue weighted by molar-refractivity contribution is -0.121. The lowest BCUT2D eigenvalue weighted by atomic mass is 10.2. The normalized spacial score (nSPS) is 11.2. The number of carbonyl (C=O) groups excluding carboxylic acids is 1. The summed E-state index contributed by atoms with van der Waals surface area (Å²) in [6, 6.07) is 3.92. The molecule has 4 heterocycles. The van der Waals surface area contributed by atoms with E-state index in [9.17, 15) is 9.59 Å². The van der Waals surface area contributed by atoms with E-state index in [0.29, 0.717) is 28.0 Å². The number of hydrogen-bond donors (Lipinski definition) is 2. The van der Waals surface area contributed by atoms with Crippen LogP contribution in [0.15, 0.2) is 34.0 Å². The number of fused-ring (bicyclic) bond motifs is 1. The SMILES string of the molecule is Cn1c(CCNC(=O)Cn2cnc3scc(-c4cccs4)c3c2=O)n[nH]c1=S. The molecule has 2 N–H and O–H groups in total. The van der Waals surface area contributed by atoms with Crippen LogP contribution in [-0.4, -0.2) is 36.8 Å². The lowest BCUT2D eigenvalue weighted by Gasteiger charge is -2.07. The molecule has 0 aliphatic rings. The summed E-state index contributed by atoms with van der Waals surface area (Å²) >= 11 is 8.06. The highest BCUT2D eigenvalue weighted by molar-refractivity contribution is 7.71. The molecule has 11 heteroatoms. The molecule has 144 valence electrons. The van der Waals surface area contributed by atoms with Gasteiger partial charge in [-0.3, -0.25) is 19.3 Å². The molecule has 0 saturated carbocycles. The second kappa shape index (κ2) is 7.78. The van der Waals surface area contributed by atoms with E-state index in [2.05, 4.69) is 20.5 Å². The Bertz CT molecular complexity index is 1250. The monoisotopic (exact) mass is 432 g/mol. The van der Waals surface area contributed by atoms with Gasteiger partial charge in [-0.25, -0.2) is 4.98 Å². The summed E-state index contributed by atoms with van der Waals surface area (Å²) in [4.78, 5) is 31.2. The first-order chi connectivity index (χ1) is 13.5. The predicted molar refractivity (Wildman–Crippen MR) is 112 cm³/mol. The van der Waals surface area contributed by atoms with Gasteiger partial charge in [-0.15, -0.1) is 22.7 Å². The molecule has 1 amide bonds. The lowest BCUT2D eigenvalue weighted by Crippen LogP contribution is -2.33. The number of carbonyl (C=O) groups is 1. The van der Waals surface area contributed by atoms with E-state index >= 15 is 0 Å². The number of rotatable bonds is 6. The van der Waals surface area contributed by atoms with Gasteiger partial charge in [0.25, 0.3) is 5.56 Å². The Balaban J connectivity index is 1.48. The predicted octanol–water partition coefficient (Wildman–Crippen LogP) is 2.34. The van der Waals surface area contributed by atoms with Crippen LogP contribution in [-0.2, 0) is 24.8 Å². The van der Waals surface area contributed by atoms with Gasteiger partial charge in [0.1, 0.15) is 17.2 Å². The highest BCUT2D eigenvalue weighted by Crippen LogP contribution is 2.33. The third kappa shape index (κ3) is 3.55. The summed E-state index contributed by atoms with van der Waals surface area (Å²) in [6.45, 7) is 0.316. The van der Waals surface area contributed by atoms with Gasteiger partial charge in [-0.2, -0.15) is 5.10 Å². The molecule has 4 rings (SSSR count). The number of amides is 1. The standard InChI is InChI=1S/C17H16N6O2S3/c1-22-12(20-21-17(22)26)4-5-18-13(24)7-23-9-19-15-14(16(23)25)10(8-28-15)11-3-2-6-27-11/h2-3,6,8-9H,4-5,7H2,1H3,(H,18,24)(H,21,26). The van der Waals surface area contributed by atoms with Crippen LogP contribution < -0.4 is 10.9 Å². The van der Waals surface area contributed by atoms with Gasteiger partial charge in [-0.05, 0) is 23.7 Å². The van der Waals surface area contributed by atoms with E-state index in [1.54, 1.807) is 15.9 Å². The van der Waals surface area contributed by atoms with Crippen molar-refractivity contribution in [3.63, 3.8) is 0 Å². The van der Waals surface area contributed by atoms with Gasteiger partial charge in [0.2, 0.25) is 5.91 Å². The fourth-order valence-corrected chi connectivity index (χ4v) is 4.69. The van der Waals surface area contributed by atoms with Crippen molar-refractivity contribution in [2.24, 2.45) is 7.05 Å². The number of aromatic nitrogens is 5. The minimum atomic E-state index is -0.257. The molecule has 0 spiro atoms. The maximum atomic E-state index is 12.9. The van der Waals surface area contributed by atoms with E-state index in [0.717, 1.165) is 16.3 Å². The van der Waals surface area contributed by atoms with Gasteiger partial charge < -0.3 is 9.88 Å². The molecule has 0 radical (unpaired) electrons. The molecule has 0 aliphatic carbocycles. The summed E-state index contributed by atoms with van der Waals surface area (Å²) in [7, 11) is 1.81. The van der Waals surface area contributed by atoms with E-state index in [1.807, 2.05) is 29.9 Å². The van der Waals surface area contributed by atoms with Crippen molar-refractivity contribution < 1.29 is 4.79 Å². The smallest absolute Gasteiger partial charge is 0.263 e. The molecule has 8 nitrogen and oxygen atoms in total. The van der Waals surface area contributed by atoms with Crippen molar-refractivity contribution in [2.75, 3.05) is 6.54 Å². The van der Waals surface area contributed by atoms with Crippen LogP contribution in [0, 0.1) is 4.77 Å². The van der Waals surface area contributed by atoms with E-state index in [4.69, 9.17) is 12.2 Å². The van der Waals surface area contributed by atoms with E-state index in [1.165, 1.54) is 22.2 Å². The topological polar surface area (TPSA) is 97.6 Å². The molecule has 0 aromatic carbocycles. The molecule has 0 atom stereocenters. The van der Waals surface area contributed by atoms with Crippen molar-refractivity contribution in [1.29, 1.82) is 0 Å². The van der Waals surface area contributed by atoms with Crippen LogP contribution in [0.25, 0.3) is 20.7 Å². The van der Waals surface area contributed by atoms with Crippen molar-refractivity contribution in [2.45, 2.75) is 13.0 Å². The van der Waals surface area contributed by atoms with Crippen LogP contribution in [0.2, 0.25) is 0 Å². The van der Waals surface area contributed by atoms with Crippen LogP contribution in [0.5, 0.6) is 0 Å². The number of hydrogen-bond acceptors (Lipinski definition) is 7. The molecule has 0 saturated heterocycles. The van der Waals surface area contributed by atoms with Crippen molar-refractivity contribution in [3.05, 3.63) is 50.2 Å². The molecule has 0 bridgehead atoms. The van der Waals surface area contributed by atoms with Crippen molar-refractivity contribution in [3.8, 4) is 10.4 Å². The fourth-order valence-electron chi connectivity index (χ4n) is 2.82. The first kappa shape index (κ1) is 18.7. The van der Waals surface area contributed by atoms with E-state index < -0.39 is 0 Å². The fraction of sp³-hybridized carbons (Fsp3) is 0.235. The van der Waals surface area contributed by atoms with Crippen molar-refractivity contribution >= 4 is 51.0 Å². The highest BCUT2D eigenvalue weighted by Gasteiger charge is 2.15. The van der Waals surface area contributed by atoms with Gasteiger partial charge in [0.15, 0.2) is 4.77 Å². The third-order valence-corrected chi connectivity index (χ3v) is 6.46. The maximum Gasteiger partial charge on any atom is 0.263 e. The molecule has 0 unspecified atom stereocenters. The van der Waals surface area contributed by atoms with E-state index in [-0.39, 0.29) is 18.0 Å². The zero-order chi connectivity index (χ0) is 19.7. The average Bonchev–Trinajstić information content (AvgIpc) is 3.40. The molecule has 0 aliphatic heterocycles. The number of nitrogens with zero attached hydrogens (tertiary/aromatic N) is 4. The van der Waals surface area contributed by atoms with Gasteiger partial charge in [0.05, 0.1) is 11.7 Å². The Morgan fingerprint density at radius 1 is 1.39 bits per heavy atom. The molecule has 0 fully saturated rings. The van der Waals surface area contributed by atoms with Crippen molar-refractivity contribution in [1.82, 2.24) is 29.6 Å². The molecule has 4 aromatic heterocycles. The zero-order valence-electron chi connectivity index (χ0n) is 14.8. The quantitative estimate of drug-likeness (QED) is 0.456. The maximum absolute atomic E-state index is 12.9. The van der Waals surface area contributed by atoms with Gasteiger partial charge >= 0.3 is 0 Å². The highest BCUT2D eigenvalue weighted by atomic mass is 32.1. The van der Waals surface area contributed by atoms with Crippen LogP contribution >= 0.6 is 34.9 Å². The second-order valence-corrected chi connectivity index (χ2v) is 8.28. The Hall–Kier alpha value is -2.63. The Morgan fingerprint density at radius 2 is 2.25 bits per heavy atom. The second-order valence-electron chi connectivity index (χ2n) is 6.09. The average molecular weight is 433 g/mol. The van der Waals surface area contributed by atoms with Crippen LogP contribution in [0.1, 0.15) is 5.82 Å². The molecule has 28 heavy (non-hydrogen) atoms. The summed E-state index contributed by atoms with van der Waals surface area (Å²) in [5.74, 6) is 0.498. The number of thiophene rings is 2. The number of aromatic amines is 1. The molecule has 4 aromatic rings. The first-order valence-electron chi connectivity index (χ1n) is 8.42. The Labute approximate surface area is 172 Å². The van der Waals surface area contributed by atoms with Crippen LogP contribution in [0.4, 0.5) is 0 Å². The molecular weight excluding hydrogens is 416 g/mol. The largest absolute Gasteiger partial charge is 0.354 e. The summed E-state index contributed by atoms with van der Waals surface area (Å²) < 4.78 is 3.63. The number of H-pyrrole nitrogens is 1. The zero-order valence-corrected chi connectivity index (χ0v) is 17.3. The minimum Gasteiger partial charge on any atom is -0.354 e. The minimum absolute atomic E-state index is 0.0829. The Kier molecular flexibility index (Phi) is 5.20. The summed E-state index contributed by atoms with van der Waals surface area (Å²) in [5, 5.41) is 14.1. The molecular formula is C17H16N6O2S3. The first-order valence-corrected chi connectivity index (χ1v) is 10.6. The van der Waals surface area contributed by atoms with Gasteiger partial charge in [0, 0.05) is 35.8 Å². The third-order valence-electron chi connectivity index (χ3n) is 4.30. The number of nitrogens with one attached hydrogen (secondary N) is 2. The van der Waals surface area contributed by atoms with Gasteiger partial charge in [-0.1, -0.05) is 6.07 Å². The summed E-state index contributed by atoms with van der Waals surface area (Å²) in [6.07, 6.45) is 1.96.